The Morgan fingerprint density at radius 2 is 2.29 bits per heavy atom. The summed E-state index contributed by atoms with van der Waals surface area (Å²) in [6, 6.07) is 7.87. The lowest BCUT2D eigenvalue weighted by molar-refractivity contribution is 0.174. The van der Waals surface area contributed by atoms with Crippen LogP contribution in [0, 0.1) is 3.57 Å². The van der Waals surface area contributed by atoms with E-state index in [2.05, 4.69) is 32.7 Å². The van der Waals surface area contributed by atoms with Crippen molar-refractivity contribution in [3.63, 3.8) is 0 Å². The molecule has 0 saturated heterocycles. The average Bonchev–Trinajstić information content (AvgIpc) is 2.76. The second kappa shape index (κ2) is 5.59. The van der Waals surface area contributed by atoms with Crippen LogP contribution in [0.3, 0.4) is 0 Å². The Labute approximate surface area is 114 Å². The molecule has 0 saturated carbocycles. The van der Waals surface area contributed by atoms with Crippen LogP contribution >= 0.6 is 22.6 Å². The van der Waals surface area contributed by atoms with E-state index in [1.807, 2.05) is 31.2 Å². The van der Waals surface area contributed by atoms with Crippen LogP contribution in [0.5, 0.6) is 0 Å². The molecule has 0 radical (unpaired) electrons. The number of nitrogens with zero attached hydrogens (tertiary/aromatic N) is 3. The summed E-state index contributed by atoms with van der Waals surface area (Å²) >= 11 is 2.24. The van der Waals surface area contributed by atoms with Gasteiger partial charge in [-0.15, -0.1) is 0 Å². The highest BCUT2D eigenvalue weighted by Gasteiger charge is 2.12. The van der Waals surface area contributed by atoms with Gasteiger partial charge in [0.05, 0.1) is 6.10 Å². The number of aliphatic hydroxyl groups excluding tert-OH is 1. The summed E-state index contributed by atoms with van der Waals surface area (Å²) in [5, 5.41) is 14.2. The van der Waals surface area contributed by atoms with Gasteiger partial charge in [-0.3, -0.25) is 4.68 Å². The van der Waals surface area contributed by atoms with Crippen molar-refractivity contribution in [2.24, 2.45) is 0 Å². The predicted molar refractivity (Wildman–Crippen MR) is 73.5 cm³/mol. The van der Waals surface area contributed by atoms with Crippen LogP contribution in [0.1, 0.15) is 24.4 Å². The van der Waals surface area contributed by atoms with Gasteiger partial charge in [-0.2, -0.15) is 5.10 Å². The Bertz CT molecular complexity index is 498. The molecule has 2 rings (SSSR count). The molecule has 1 heterocycles. The van der Waals surface area contributed by atoms with Crippen LogP contribution in [0.25, 0.3) is 0 Å². The molecule has 1 N–H and O–H groups in total. The van der Waals surface area contributed by atoms with Crippen molar-refractivity contribution in [3.8, 4) is 0 Å². The molecule has 2 aromatic rings. The minimum atomic E-state index is -0.529. The normalized spacial score (nSPS) is 12.6. The Morgan fingerprint density at radius 1 is 1.47 bits per heavy atom. The molecule has 0 aliphatic heterocycles. The van der Waals surface area contributed by atoms with Gasteiger partial charge in [-0.05, 0) is 47.2 Å². The molecular formula is C12H14IN3O. The van der Waals surface area contributed by atoms with Crippen LogP contribution in [0.15, 0.2) is 30.6 Å². The van der Waals surface area contributed by atoms with Crippen LogP contribution in [0.2, 0.25) is 0 Å². The van der Waals surface area contributed by atoms with E-state index in [4.69, 9.17) is 0 Å². The number of aromatic nitrogens is 3. The van der Waals surface area contributed by atoms with Crippen molar-refractivity contribution < 1.29 is 5.11 Å². The quantitative estimate of drug-likeness (QED) is 0.866. The van der Waals surface area contributed by atoms with Crippen molar-refractivity contribution in [2.45, 2.75) is 26.0 Å². The second-order valence-electron chi connectivity index (χ2n) is 3.77. The number of halogens is 1. The van der Waals surface area contributed by atoms with Gasteiger partial charge < -0.3 is 5.11 Å². The number of aryl methyl sites for hydroxylation is 1. The Balaban J connectivity index is 2.14. The maximum atomic E-state index is 10.2. The SMILES string of the molecule is CCn1ncnc1CC(O)c1cccc(I)c1. The number of rotatable bonds is 4. The topological polar surface area (TPSA) is 50.9 Å². The monoisotopic (exact) mass is 343 g/mol. The minimum absolute atomic E-state index is 0.494. The molecule has 5 heteroatoms. The highest BCUT2D eigenvalue weighted by Crippen LogP contribution is 2.19. The molecule has 1 aromatic carbocycles. The maximum Gasteiger partial charge on any atom is 0.138 e. The first kappa shape index (κ1) is 12.5. The van der Waals surface area contributed by atoms with E-state index in [0.717, 1.165) is 21.5 Å². The van der Waals surface area contributed by atoms with Gasteiger partial charge in [0.1, 0.15) is 12.2 Å². The zero-order valence-corrected chi connectivity index (χ0v) is 11.7. The number of hydrogen-bond donors (Lipinski definition) is 1. The van der Waals surface area contributed by atoms with Gasteiger partial charge in [0.15, 0.2) is 0 Å². The molecule has 0 bridgehead atoms. The zero-order valence-electron chi connectivity index (χ0n) is 9.55. The maximum absolute atomic E-state index is 10.2. The Morgan fingerprint density at radius 3 is 3.00 bits per heavy atom. The van der Waals surface area contributed by atoms with Gasteiger partial charge in [0, 0.05) is 16.5 Å². The average molecular weight is 343 g/mol. The van der Waals surface area contributed by atoms with E-state index in [-0.39, 0.29) is 0 Å². The van der Waals surface area contributed by atoms with Crippen molar-refractivity contribution in [1.29, 1.82) is 0 Å². The van der Waals surface area contributed by atoms with E-state index in [1.54, 1.807) is 4.68 Å². The van der Waals surface area contributed by atoms with Crippen molar-refractivity contribution in [3.05, 3.63) is 45.6 Å². The van der Waals surface area contributed by atoms with E-state index in [0.29, 0.717) is 6.42 Å². The van der Waals surface area contributed by atoms with Gasteiger partial charge in [-0.1, -0.05) is 12.1 Å². The van der Waals surface area contributed by atoms with E-state index < -0.39 is 6.10 Å². The predicted octanol–water partition coefficient (Wildman–Crippen LogP) is 2.18. The molecule has 1 aromatic heterocycles. The Hall–Kier alpha value is -0.950. The van der Waals surface area contributed by atoms with Crippen LogP contribution < -0.4 is 0 Å². The molecule has 0 fully saturated rings. The van der Waals surface area contributed by atoms with Gasteiger partial charge in [0.2, 0.25) is 0 Å². The fourth-order valence-electron chi connectivity index (χ4n) is 1.71. The molecule has 4 nitrogen and oxygen atoms in total. The third-order valence-corrected chi connectivity index (χ3v) is 3.28. The van der Waals surface area contributed by atoms with E-state index in [9.17, 15) is 5.11 Å². The molecule has 17 heavy (non-hydrogen) atoms. The molecule has 0 amide bonds. The first-order valence-corrected chi connectivity index (χ1v) is 6.58. The molecule has 0 spiro atoms. The van der Waals surface area contributed by atoms with Gasteiger partial charge in [0.25, 0.3) is 0 Å². The number of benzene rings is 1. The standard InChI is InChI=1S/C12H14IN3O/c1-2-16-12(14-8-15-16)7-11(17)9-4-3-5-10(13)6-9/h3-6,8,11,17H,2,7H2,1H3. The lowest BCUT2D eigenvalue weighted by Crippen LogP contribution is -2.09. The summed E-state index contributed by atoms with van der Waals surface area (Å²) in [5.41, 5.74) is 0.919. The summed E-state index contributed by atoms with van der Waals surface area (Å²) in [6.07, 6.45) is 1.49. The molecule has 90 valence electrons. The third-order valence-electron chi connectivity index (χ3n) is 2.60. The fraction of sp³-hybridized carbons (Fsp3) is 0.333. The first-order chi connectivity index (χ1) is 8.20. The second-order valence-corrected chi connectivity index (χ2v) is 5.01. The molecule has 1 atom stereocenters. The highest BCUT2D eigenvalue weighted by atomic mass is 127. The van der Waals surface area contributed by atoms with E-state index >= 15 is 0 Å². The Kier molecular flexibility index (Phi) is 4.11. The minimum Gasteiger partial charge on any atom is -0.388 e. The van der Waals surface area contributed by atoms with Crippen LogP contribution in [0.4, 0.5) is 0 Å². The van der Waals surface area contributed by atoms with Crippen molar-refractivity contribution in [2.75, 3.05) is 0 Å². The summed E-state index contributed by atoms with van der Waals surface area (Å²) in [7, 11) is 0. The summed E-state index contributed by atoms with van der Waals surface area (Å²) < 4.78 is 2.92. The van der Waals surface area contributed by atoms with Gasteiger partial charge in [-0.25, -0.2) is 4.98 Å². The van der Waals surface area contributed by atoms with Gasteiger partial charge >= 0.3 is 0 Å². The molecule has 1 unspecified atom stereocenters. The largest absolute Gasteiger partial charge is 0.388 e. The van der Waals surface area contributed by atoms with Crippen LogP contribution in [-0.4, -0.2) is 19.9 Å². The molecule has 0 aliphatic carbocycles. The molecule has 0 aliphatic rings. The van der Waals surface area contributed by atoms with Crippen LogP contribution in [-0.2, 0) is 13.0 Å². The summed E-state index contributed by atoms with van der Waals surface area (Å²) in [6.45, 7) is 2.78. The number of hydrogen-bond acceptors (Lipinski definition) is 3. The summed E-state index contributed by atoms with van der Waals surface area (Å²) in [4.78, 5) is 4.16. The number of aliphatic hydroxyl groups is 1. The third kappa shape index (κ3) is 3.04. The zero-order chi connectivity index (χ0) is 12.3. The highest BCUT2D eigenvalue weighted by molar-refractivity contribution is 14.1. The fourth-order valence-corrected chi connectivity index (χ4v) is 2.28. The van der Waals surface area contributed by atoms with Crippen molar-refractivity contribution >= 4 is 22.6 Å². The van der Waals surface area contributed by atoms with Crippen molar-refractivity contribution in [1.82, 2.24) is 14.8 Å². The van der Waals surface area contributed by atoms with E-state index in [1.165, 1.54) is 6.33 Å². The first-order valence-electron chi connectivity index (χ1n) is 5.51. The lowest BCUT2D eigenvalue weighted by atomic mass is 10.1. The lowest BCUT2D eigenvalue weighted by Gasteiger charge is -2.11. The molecular weight excluding hydrogens is 329 g/mol. The smallest absolute Gasteiger partial charge is 0.138 e. The summed E-state index contributed by atoms with van der Waals surface area (Å²) in [5.74, 6) is 0.818.